The van der Waals surface area contributed by atoms with Crippen molar-refractivity contribution >= 4 is 297 Å². The lowest BCUT2D eigenvalue weighted by Crippen LogP contribution is -2.27. The highest BCUT2D eigenvalue weighted by Crippen LogP contribution is 2.97. The zero-order valence-corrected chi connectivity index (χ0v) is 40.6. The van der Waals surface area contributed by atoms with Crippen LogP contribution >= 0.6 is 0 Å². The zero-order chi connectivity index (χ0) is 46.8. The van der Waals surface area contributed by atoms with Crippen molar-refractivity contribution in [1.29, 1.82) is 0 Å². The van der Waals surface area contributed by atoms with Crippen LogP contribution in [0, 0.1) is 5.92 Å². The standard InChI is InChI=1S/C75H20O2/c1-12(2)11-77-14(76)9-6-10-73(13-7-4-3-5-8-13)74-69-61-53-43-33-25-17-15-16-19-23-21(17)29-37-31(23)41-35-27(19)28-20(16)24-22-18(15)26(25)34-40-30(22)38-32(24)42-36(28)46-45(35)55-49(41)59-51(37)57(47(53)39(29)33)65(69)67(59)71-63(55)64-56(46)50(42)60-52(38)58-48(40)54(44(34)43)62(61)70(74)66(58)68(60)72(64)75(71,73)74/h3-5,7-8,12H,6,9-11H2,1-2H3. The minimum absolute atomic E-state index is 0.0300. The van der Waals surface area contributed by atoms with Gasteiger partial charge in [-0.05, 0) is 337 Å². The quantitative estimate of drug-likeness (QED) is 0.118. The van der Waals surface area contributed by atoms with Crippen molar-refractivity contribution in [3.8, 4) is 0 Å². The Morgan fingerprint density at radius 1 is 0.325 bits per heavy atom. The number of hydrogen-bond acceptors (Lipinski definition) is 2. The third kappa shape index (κ3) is 1.73. The number of esters is 1. The molecule has 5 aliphatic rings. The summed E-state index contributed by atoms with van der Waals surface area (Å²) in [6, 6.07) is 12.2. The maximum Gasteiger partial charge on any atom is 0.305 e. The largest absolute Gasteiger partial charge is 0.465 e. The number of rotatable bonds is 7. The average Bonchev–Trinajstić information content (AvgIpc) is 1.58. The van der Waals surface area contributed by atoms with Crippen LogP contribution < -0.4 is 0 Å². The lowest BCUT2D eigenvalue weighted by atomic mass is 9.68. The van der Waals surface area contributed by atoms with Crippen LogP contribution in [-0.4, -0.2) is 12.6 Å². The van der Waals surface area contributed by atoms with Crippen LogP contribution in [-0.2, 0) is 25.8 Å². The molecule has 332 valence electrons. The van der Waals surface area contributed by atoms with Gasteiger partial charge in [0.25, 0.3) is 0 Å². The van der Waals surface area contributed by atoms with E-state index in [4.69, 9.17) is 4.74 Å². The van der Waals surface area contributed by atoms with E-state index in [9.17, 15) is 4.79 Å². The summed E-state index contributed by atoms with van der Waals surface area (Å²) >= 11 is 0. The highest BCUT2D eigenvalue weighted by molar-refractivity contribution is 6.82. The van der Waals surface area contributed by atoms with Crippen molar-refractivity contribution in [3.05, 3.63) is 58.1 Å². The fourth-order valence-corrected chi connectivity index (χ4v) is 27.2. The molecular formula is C75H20O2. The molecule has 0 atom stereocenters. The normalized spacial score (nSPS) is 23.2. The molecule has 0 amide bonds. The van der Waals surface area contributed by atoms with Gasteiger partial charge >= 0.3 is 5.97 Å². The lowest BCUT2D eigenvalue weighted by Gasteiger charge is -2.32. The van der Waals surface area contributed by atoms with E-state index in [1.54, 1.807) is 313 Å². The minimum atomic E-state index is -0.353. The summed E-state index contributed by atoms with van der Waals surface area (Å²) in [6.07, 6.45) is 2.19. The van der Waals surface area contributed by atoms with Crippen LogP contribution in [0.25, 0.3) is 291 Å². The summed E-state index contributed by atoms with van der Waals surface area (Å²) in [6.45, 7) is 4.81. The van der Waals surface area contributed by atoms with E-state index in [0.717, 1.165) is 12.8 Å². The molecule has 1 fully saturated rings. The van der Waals surface area contributed by atoms with Gasteiger partial charge in [0, 0.05) is 22.7 Å². The van der Waals surface area contributed by atoms with E-state index in [0.29, 0.717) is 18.9 Å². The van der Waals surface area contributed by atoms with Gasteiger partial charge < -0.3 is 4.74 Å². The predicted octanol–water partition coefficient (Wildman–Crippen LogP) is 19.6. The maximum atomic E-state index is 14.2. The predicted molar refractivity (Wildman–Crippen MR) is 322 cm³/mol. The van der Waals surface area contributed by atoms with Crippen molar-refractivity contribution in [3.63, 3.8) is 0 Å². The molecule has 5 aliphatic carbocycles. The van der Waals surface area contributed by atoms with Crippen LogP contribution in [0.3, 0.4) is 0 Å². The van der Waals surface area contributed by atoms with Gasteiger partial charge in [0.15, 0.2) is 0 Å². The second-order valence-corrected chi connectivity index (χ2v) is 28.5. The average molecular weight is 953 g/mol. The Bertz CT molecular complexity index is 7050. The Balaban J connectivity index is 1.04. The van der Waals surface area contributed by atoms with E-state index in [-0.39, 0.29) is 22.2 Å². The highest BCUT2D eigenvalue weighted by atomic mass is 16.5. The van der Waals surface area contributed by atoms with Crippen molar-refractivity contribution in [1.82, 2.24) is 0 Å². The van der Waals surface area contributed by atoms with Gasteiger partial charge in [-0.3, -0.25) is 4.79 Å². The van der Waals surface area contributed by atoms with Gasteiger partial charge in [0.1, 0.15) is 0 Å². The van der Waals surface area contributed by atoms with E-state index < -0.39 is 0 Å². The molecule has 0 N–H and O–H groups in total. The van der Waals surface area contributed by atoms with E-state index in [1.807, 2.05) is 0 Å². The number of carbonyl (C=O) groups excluding carboxylic acids is 1. The van der Waals surface area contributed by atoms with E-state index in [2.05, 4.69) is 44.2 Å². The maximum absolute atomic E-state index is 14.2. The molecule has 77 heavy (non-hydrogen) atoms. The topological polar surface area (TPSA) is 26.3 Å². The third-order valence-electron chi connectivity index (χ3n) is 27.3. The SMILES string of the molecule is CC(C)COC(=O)CCCC1(c2ccccc2)C23c4c5c6c7c8c9c(c%10c%11c2c2c4c4c%12c5c5c6c6c8c8c%13c9c9c%10c%10c%11c%11c2c2c4c4c%12c%12c5c5c6c8c6c8c%13c9c9c%10c%10c%11c2c2c4c4c%12c5c6c5c8c9c%10c2c45)C713. The number of benzene rings is 19. The van der Waals surface area contributed by atoms with Crippen molar-refractivity contribution in [2.45, 2.75) is 49.4 Å². The molecule has 0 bridgehead atoms. The van der Waals surface area contributed by atoms with E-state index in [1.165, 1.54) is 5.56 Å². The minimum Gasteiger partial charge on any atom is -0.465 e. The summed E-state index contributed by atoms with van der Waals surface area (Å²) in [5.74, 6) is 0.280. The van der Waals surface area contributed by atoms with Gasteiger partial charge in [-0.15, -0.1) is 0 Å². The molecule has 2 nitrogen and oxygen atoms in total. The summed E-state index contributed by atoms with van der Waals surface area (Å²) in [5, 5.41) is 88.5. The Labute approximate surface area is 424 Å². The molecule has 1 saturated carbocycles. The molecule has 29 aromatic rings. The monoisotopic (exact) mass is 952 g/mol. The van der Waals surface area contributed by atoms with E-state index >= 15 is 0 Å². The summed E-state index contributed by atoms with van der Waals surface area (Å²) in [7, 11) is 0. The van der Waals surface area contributed by atoms with Gasteiger partial charge in [-0.1, -0.05) is 44.2 Å². The molecule has 0 saturated heterocycles. The van der Waals surface area contributed by atoms with Gasteiger partial charge in [-0.25, -0.2) is 0 Å². The molecule has 0 unspecified atom stereocenters. The Hall–Kier alpha value is -8.85. The Morgan fingerprint density at radius 3 is 0.740 bits per heavy atom. The first-order chi connectivity index (χ1) is 38.2. The zero-order valence-electron chi connectivity index (χ0n) is 40.6. The summed E-state index contributed by atoms with van der Waals surface area (Å²) in [4.78, 5) is 14.2. The van der Waals surface area contributed by atoms with Crippen molar-refractivity contribution in [2.75, 3.05) is 6.61 Å². The van der Waals surface area contributed by atoms with Gasteiger partial charge in [0.05, 0.1) is 6.61 Å². The molecule has 0 heterocycles. The van der Waals surface area contributed by atoms with Crippen LogP contribution in [0.4, 0.5) is 0 Å². The molecule has 0 radical (unpaired) electrons. The van der Waals surface area contributed by atoms with Crippen molar-refractivity contribution in [2.24, 2.45) is 5.92 Å². The number of ether oxygens (including phenoxy) is 1. The smallest absolute Gasteiger partial charge is 0.305 e. The first-order valence-corrected chi connectivity index (χ1v) is 29.1. The van der Waals surface area contributed by atoms with Crippen LogP contribution in [0.1, 0.15) is 60.9 Å². The molecule has 29 aromatic carbocycles. The molecular weight excluding hydrogens is 933 g/mol. The number of carbonyl (C=O) groups is 1. The van der Waals surface area contributed by atoms with Crippen molar-refractivity contribution < 1.29 is 9.53 Å². The summed E-state index contributed by atoms with van der Waals surface area (Å²) in [5.41, 5.74) is 7.33. The number of hydrogen-bond donors (Lipinski definition) is 0. The van der Waals surface area contributed by atoms with Crippen LogP contribution in [0.2, 0.25) is 0 Å². The summed E-state index contributed by atoms with van der Waals surface area (Å²) < 4.78 is 6.11. The Morgan fingerprint density at radius 2 is 0.532 bits per heavy atom. The second-order valence-electron chi connectivity index (χ2n) is 28.5. The first kappa shape index (κ1) is 30.6. The molecule has 0 aromatic heterocycles. The fourth-order valence-electron chi connectivity index (χ4n) is 27.2. The molecule has 0 aliphatic heterocycles. The first-order valence-electron chi connectivity index (χ1n) is 29.1. The highest BCUT2D eigenvalue weighted by Gasteiger charge is 2.94. The second kappa shape index (κ2) is 7.19. The third-order valence-corrected chi connectivity index (χ3v) is 27.3. The molecule has 2 heteroatoms. The van der Waals surface area contributed by atoms with Crippen LogP contribution in [0.5, 0.6) is 0 Å². The molecule has 34 rings (SSSR count). The van der Waals surface area contributed by atoms with Crippen LogP contribution in [0.15, 0.2) is 30.3 Å². The fraction of sp³-hybridized carbons (Fsp3) is 0.133. The van der Waals surface area contributed by atoms with Gasteiger partial charge in [-0.2, -0.15) is 0 Å². The van der Waals surface area contributed by atoms with Gasteiger partial charge in [0.2, 0.25) is 0 Å². The molecule has 2 spiro atoms. The lowest BCUT2D eigenvalue weighted by molar-refractivity contribution is -0.144. The Kier molecular flexibility index (Phi) is 2.86.